The van der Waals surface area contributed by atoms with Crippen LogP contribution in [0.1, 0.15) is 46.0 Å². The normalized spacial score (nSPS) is 16.4. The second kappa shape index (κ2) is 9.37. The monoisotopic (exact) mass is 320 g/mol. The van der Waals surface area contributed by atoms with E-state index < -0.39 is 42.5 Å². The molecule has 0 saturated heterocycles. The third-order valence-electron chi connectivity index (χ3n) is 3.41. The summed E-state index contributed by atoms with van der Waals surface area (Å²) in [5, 5.41) is 36.7. The minimum Gasteiger partial charge on any atom is -0.481 e. The molecule has 0 radical (unpaired) electrons. The Morgan fingerprint density at radius 2 is 1.68 bits per heavy atom. The first-order valence-corrected chi connectivity index (χ1v) is 7.15. The van der Waals surface area contributed by atoms with Gasteiger partial charge in [0.1, 0.15) is 0 Å². The third kappa shape index (κ3) is 7.37. The summed E-state index contributed by atoms with van der Waals surface area (Å²) >= 11 is 0. The Bertz CT molecular complexity index is 394. The topological polar surface area (TPSA) is 141 Å². The van der Waals surface area contributed by atoms with Crippen LogP contribution in [0.5, 0.6) is 0 Å². The molecule has 0 saturated carbocycles. The van der Waals surface area contributed by atoms with E-state index in [1.165, 1.54) is 0 Å². The van der Waals surface area contributed by atoms with E-state index >= 15 is 0 Å². The van der Waals surface area contributed by atoms with Gasteiger partial charge in [0.05, 0.1) is 25.6 Å². The highest BCUT2D eigenvalue weighted by atomic mass is 16.5. The number of hydrogen-bond donors (Lipinski definition) is 4. The first-order valence-electron chi connectivity index (χ1n) is 7.15. The van der Waals surface area contributed by atoms with E-state index in [0.29, 0.717) is 19.3 Å². The van der Waals surface area contributed by atoms with Crippen LogP contribution in [-0.2, 0) is 19.1 Å². The van der Waals surface area contributed by atoms with Gasteiger partial charge in [-0.05, 0) is 25.2 Å². The molecule has 8 nitrogen and oxygen atoms in total. The summed E-state index contributed by atoms with van der Waals surface area (Å²) in [6.45, 7) is 3.66. The molecule has 0 aliphatic heterocycles. The number of carboxylic acid groups (broad SMARTS) is 2. The number of aliphatic hydroxyl groups excluding tert-OH is 1. The summed E-state index contributed by atoms with van der Waals surface area (Å²) in [5.74, 6) is -4.40. The Labute approximate surface area is 128 Å². The lowest BCUT2D eigenvalue weighted by Crippen LogP contribution is -2.43. The second-order valence-corrected chi connectivity index (χ2v) is 5.34. The molecule has 0 rings (SSSR count). The third-order valence-corrected chi connectivity index (χ3v) is 3.41. The summed E-state index contributed by atoms with van der Waals surface area (Å²) in [6, 6.07) is 0. The van der Waals surface area contributed by atoms with Crippen LogP contribution in [0.15, 0.2) is 0 Å². The number of carbonyl (C=O) groups is 3. The molecule has 0 spiro atoms. The Hall–Kier alpha value is -1.67. The lowest BCUT2D eigenvalue weighted by Gasteiger charge is -2.22. The SMILES string of the molecule is CCC(O)CC(CC)COC(=O)CC(O)(CC(=O)O)C(=O)O. The Morgan fingerprint density at radius 3 is 2.09 bits per heavy atom. The van der Waals surface area contributed by atoms with Gasteiger partial charge in [-0.2, -0.15) is 0 Å². The molecule has 0 aromatic carbocycles. The molecular formula is C14H24O8. The van der Waals surface area contributed by atoms with Crippen molar-refractivity contribution in [3.8, 4) is 0 Å². The standard InChI is InChI=1S/C14H24O8/c1-3-9(5-10(15)4-2)8-22-12(18)7-14(21,13(19)20)6-11(16)17/h9-10,15,21H,3-8H2,1-2H3,(H,16,17)(H,19,20). The maximum absolute atomic E-state index is 11.6. The summed E-state index contributed by atoms with van der Waals surface area (Å²) in [5.41, 5.74) is -2.69. The molecule has 0 aromatic rings. The maximum Gasteiger partial charge on any atom is 0.336 e. The fourth-order valence-corrected chi connectivity index (χ4v) is 1.87. The second-order valence-electron chi connectivity index (χ2n) is 5.34. The van der Waals surface area contributed by atoms with Crippen LogP contribution in [0.25, 0.3) is 0 Å². The van der Waals surface area contributed by atoms with E-state index in [1.54, 1.807) is 0 Å². The first kappa shape index (κ1) is 20.3. The Balaban J connectivity index is 4.52. The van der Waals surface area contributed by atoms with Crippen molar-refractivity contribution in [1.82, 2.24) is 0 Å². The van der Waals surface area contributed by atoms with Gasteiger partial charge in [-0.15, -0.1) is 0 Å². The molecule has 3 unspecified atom stereocenters. The number of hydrogen-bond acceptors (Lipinski definition) is 6. The van der Waals surface area contributed by atoms with E-state index in [-0.39, 0.29) is 12.5 Å². The van der Waals surface area contributed by atoms with Crippen molar-refractivity contribution in [2.24, 2.45) is 5.92 Å². The maximum atomic E-state index is 11.6. The lowest BCUT2D eigenvalue weighted by molar-refractivity contribution is -0.172. The zero-order valence-electron chi connectivity index (χ0n) is 12.8. The summed E-state index contributed by atoms with van der Waals surface area (Å²) < 4.78 is 4.90. The van der Waals surface area contributed by atoms with Gasteiger partial charge in [-0.3, -0.25) is 9.59 Å². The van der Waals surface area contributed by atoms with E-state index in [1.807, 2.05) is 13.8 Å². The lowest BCUT2D eigenvalue weighted by atomic mass is 9.95. The van der Waals surface area contributed by atoms with Crippen molar-refractivity contribution in [1.29, 1.82) is 0 Å². The molecule has 4 N–H and O–H groups in total. The van der Waals surface area contributed by atoms with Gasteiger partial charge < -0.3 is 25.2 Å². The van der Waals surface area contributed by atoms with Crippen LogP contribution in [0.3, 0.4) is 0 Å². The highest BCUT2D eigenvalue weighted by molar-refractivity contribution is 5.88. The van der Waals surface area contributed by atoms with Gasteiger partial charge in [0.25, 0.3) is 0 Å². The first-order chi connectivity index (χ1) is 10.1. The van der Waals surface area contributed by atoms with Crippen molar-refractivity contribution in [3.63, 3.8) is 0 Å². The molecule has 3 atom stereocenters. The molecule has 0 amide bonds. The summed E-state index contributed by atoms with van der Waals surface area (Å²) in [6.07, 6.45) is -0.875. The fourth-order valence-electron chi connectivity index (χ4n) is 1.87. The molecule has 0 heterocycles. The predicted molar refractivity (Wildman–Crippen MR) is 75.1 cm³/mol. The van der Waals surface area contributed by atoms with Crippen LogP contribution < -0.4 is 0 Å². The molecule has 0 bridgehead atoms. The van der Waals surface area contributed by atoms with Gasteiger partial charge in [0.15, 0.2) is 5.60 Å². The quantitative estimate of drug-likeness (QED) is 0.401. The number of aliphatic carboxylic acids is 2. The van der Waals surface area contributed by atoms with E-state index in [0.717, 1.165) is 0 Å². The predicted octanol–water partition coefficient (Wildman–Crippen LogP) is 0.397. The number of carbonyl (C=O) groups excluding carboxylic acids is 1. The highest BCUT2D eigenvalue weighted by Crippen LogP contribution is 2.19. The van der Waals surface area contributed by atoms with Crippen molar-refractivity contribution in [2.45, 2.75) is 57.7 Å². The average Bonchev–Trinajstić information content (AvgIpc) is 2.41. The minimum absolute atomic E-state index is 0.0187. The van der Waals surface area contributed by atoms with Crippen LogP contribution in [0, 0.1) is 5.92 Å². The van der Waals surface area contributed by atoms with Crippen LogP contribution in [-0.4, -0.2) is 56.6 Å². The fraction of sp³-hybridized carbons (Fsp3) is 0.786. The molecule has 128 valence electrons. The molecule has 22 heavy (non-hydrogen) atoms. The van der Waals surface area contributed by atoms with E-state index in [4.69, 9.17) is 14.9 Å². The zero-order valence-corrected chi connectivity index (χ0v) is 12.8. The number of rotatable bonds is 11. The Morgan fingerprint density at radius 1 is 1.09 bits per heavy atom. The largest absolute Gasteiger partial charge is 0.481 e. The van der Waals surface area contributed by atoms with Crippen molar-refractivity contribution < 1.29 is 39.5 Å². The van der Waals surface area contributed by atoms with Crippen LogP contribution in [0.4, 0.5) is 0 Å². The molecule has 0 aromatic heterocycles. The van der Waals surface area contributed by atoms with Crippen molar-refractivity contribution >= 4 is 17.9 Å². The average molecular weight is 320 g/mol. The number of aliphatic hydroxyl groups is 2. The zero-order chi connectivity index (χ0) is 17.3. The van der Waals surface area contributed by atoms with Gasteiger partial charge in [0.2, 0.25) is 0 Å². The number of carboxylic acids is 2. The number of ether oxygens (including phenoxy) is 1. The molecule has 8 heteroatoms. The summed E-state index contributed by atoms with van der Waals surface area (Å²) in [7, 11) is 0. The minimum atomic E-state index is -2.69. The highest BCUT2D eigenvalue weighted by Gasteiger charge is 2.41. The van der Waals surface area contributed by atoms with Gasteiger partial charge in [0, 0.05) is 0 Å². The summed E-state index contributed by atoms with van der Waals surface area (Å²) in [4.78, 5) is 33.1. The molecule has 0 aliphatic rings. The van der Waals surface area contributed by atoms with Gasteiger partial charge >= 0.3 is 17.9 Å². The van der Waals surface area contributed by atoms with E-state index in [2.05, 4.69) is 0 Å². The Kier molecular flexibility index (Phi) is 8.66. The van der Waals surface area contributed by atoms with Crippen molar-refractivity contribution in [3.05, 3.63) is 0 Å². The van der Waals surface area contributed by atoms with Crippen molar-refractivity contribution in [2.75, 3.05) is 6.61 Å². The molecular weight excluding hydrogens is 296 g/mol. The number of esters is 1. The van der Waals surface area contributed by atoms with Crippen LogP contribution >= 0.6 is 0 Å². The smallest absolute Gasteiger partial charge is 0.336 e. The molecule has 0 aliphatic carbocycles. The van der Waals surface area contributed by atoms with Gasteiger partial charge in [-0.25, -0.2) is 4.79 Å². The molecule has 0 fully saturated rings. The van der Waals surface area contributed by atoms with Crippen LogP contribution in [0.2, 0.25) is 0 Å². The van der Waals surface area contributed by atoms with Gasteiger partial charge in [-0.1, -0.05) is 13.8 Å². The van der Waals surface area contributed by atoms with E-state index in [9.17, 15) is 24.6 Å².